The summed E-state index contributed by atoms with van der Waals surface area (Å²) in [5.74, 6) is -1.66. The molecule has 0 aromatic heterocycles. The minimum Gasteiger partial charge on any atom is -0.378 e. The van der Waals surface area contributed by atoms with Gasteiger partial charge < -0.3 is 10.2 Å². The Balaban J connectivity index is 1.99. The van der Waals surface area contributed by atoms with Gasteiger partial charge >= 0.3 is 0 Å². The minimum atomic E-state index is -0.675. The van der Waals surface area contributed by atoms with Crippen molar-refractivity contribution in [2.75, 3.05) is 19.0 Å². The van der Waals surface area contributed by atoms with Gasteiger partial charge in [-0.15, -0.1) is 0 Å². The van der Waals surface area contributed by atoms with E-state index >= 15 is 0 Å². The molecule has 3 nitrogen and oxygen atoms in total. The molecular formula is C19H20F2N2O. The van der Waals surface area contributed by atoms with E-state index in [1.54, 1.807) is 13.0 Å². The van der Waals surface area contributed by atoms with Crippen molar-refractivity contribution in [3.05, 3.63) is 71.3 Å². The lowest BCUT2D eigenvalue weighted by atomic mass is 10.1. The smallest absolute Gasteiger partial charge is 0.244 e. The highest BCUT2D eigenvalue weighted by Crippen LogP contribution is 2.18. The van der Waals surface area contributed by atoms with E-state index in [-0.39, 0.29) is 11.5 Å². The summed E-state index contributed by atoms with van der Waals surface area (Å²) in [5.41, 5.74) is 2.20. The molecule has 0 radical (unpaired) electrons. The molecule has 1 N–H and O–H groups in total. The number of halogens is 2. The number of carbonyl (C=O) groups is 1. The Kier molecular flexibility index (Phi) is 5.68. The molecule has 0 bridgehead atoms. The Labute approximate surface area is 140 Å². The maximum Gasteiger partial charge on any atom is 0.244 e. The average molecular weight is 330 g/mol. The molecule has 1 amide bonds. The molecule has 0 aliphatic carbocycles. The summed E-state index contributed by atoms with van der Waals surface area (Å²) < 4.78 is 26.6. The van der Waals surface area contributed by atoms with Crippen LogP contribution in [0.5, 0.6) is 0 Å². The first-order valence-corrected chi connectivity index (χ1v) is 7.57. The number of hydrogen-bond acceptors (Lipinski definition) is 2. The van der Waals surface area contributed by atoms with E-state index in [0.29, 0.717) is 0 Å². The number of amides is 1. The highest BCUT2D eigenvalue weighted by Gasteiger charge is 2.12. The third-order valence-electron chi connectivity index (χ3n) is 3.62. The molecule has 1 unspecified atom stereocenters. The quantitative estimate of drug-likeness (QED) is 0.843. The van der Waals surface area contributed by atoms with Gasteiger partial charge in [-0.25, -0.2) is 8.78 Å². The van der Waals surface area contributed by atoms with Crippen LogP contribution in [0.2, 0.25) is 0 Å². The summed E-state index contributed by atoms with van der Waals surface area (Å²) >= 11 is 0. The Hall–Kier alpha value is -2.69. The van der Waals surface area contributed by atoms with Crippen molar-refractivity contribution in [2.24, 2.45) is 0 Å². The van der Waals surface area contributed by atoms with Crippen molar-refractivity contribution in [2.45, 2.75) is 13.0 Å². The zero-order valence-corrected chi connectivity index (χ0v) is 13.9. The predicted molar refractivity (Wildman–Crippen MR) is 92.7 cm³/mol. The first-order valence-electron chi connectivity index (χ1n) is 7.57. The van der Waals surface area contributed by atoms with Crippen LogP contribution >= 0.6 is 0 Å². The van der Waals surface area contributed by atoms with Crippen LogP contribution in [-0.2, 0) is 4.79 Å². The normalized spacial score (nSPS) is 12.2. The molecule has 2 aromatic rings. The van der Waals surface area contributed by atoms with Crippen molar-refractivity contribution in [3.63, 3.8) is 0 Å². The van der Waals surface area contributed by atoms with Crippen molar-refractivity contribution >= 4 is 17.7 Å². The molecule has 2 rings (SSSR count). The van der Waals surface area contributed by atoms with Crippen LogP contribution in [-0.4, -0.2) is 20.0 Å². The van der Waals surface area contributed by atoms with Crippen molar-refractivity contribution < 1.29 is 13.6 Å². The molecule has 126 valence electrons. The fourth-order valence-electron chi connectivity index (χ4n) is 2.25. The van der Waals surface area contributed by atoms with E-state index in [0.717, 1.165) is 17.3 Å². The van der Waals surface area contributed by atoms with Gasteiger partial charge in [0, 0.05) is 37.5 Å². The van der Waals surface area contributed by atoms with E-state index < -0.39 is 17.7 Å². The molecule has 0 saturated heterocycles. The molecular weight excluding hydrogens is 310 g/mol. The molecule has 24 heavy (non-hydrogen) atoms. The average Bonchev–Trinajstić information content (AvgIpc) is 2.53. The zero-order valence-electron chi connectivity index (χ0n) is 13.9. The molecule has 1 atom stereocenters. The van der Waals surface area contributed by atoms with Gasteiger partial charge in [0.25, 0.3) is 0 Å². The molecule has 0 spiro atoms. The summed E-state index contributed by atoms with van der Waals surface area (Å²) in [7, 11) is 3.91. The van der Waals surface area contributed by atoms with Crippen LogP contribution < -0.4 is 10.2 Å². The highest BCUT2D eigenvalue weighted by atomic mass is 19.1. The Morgan fingerprint density at radius 3 is 2.38 bits per heavy atom. The van der Waals surface area contributed by atoms with E-state index in [2.05, 4.69) is 5.32 Å². The van der Waals surface area contributed by atoms with Crippen LogP contribution in [0, 0.1) is 11.6 Å². The number of anilines is 1. The zero-order chi connectivity index (χ0) is 17.7. The fraction of sp³-hybridized carbons (Fsp3) is 0.211. The van der Waals surface area contributed by atoms with Gasteiger partial charge in [0.15, 0.2) is 0 Å². The van der Waals surface area contributed by atoms with Gasteiger partial charge in [-0.05, 0) is 36.8 Å². The highest BCUT2D eigenvalue weighted by molar-refractivity contribution is 5.92. The molecule has 0 saturated carbocycles. The largest absolute Gasteiger partial charge is 0.378 e. The Bertz CT molecular complexity index is 740. The summed E-state index contributed by atoms with van der Waals surface area (Å²) in [6, 6.07) is 10.5. The van der Waals surface area contributed by atoms with Crippen molar-refractivity contribution in [3.8, 4) is 0 Å². The second-order valence-corrected chi connectivity index (χ2v) is 5.72. The lowest BCUT2D eigenvalue weighted by Crippen LogP contribution is -2.25. The number of rotatable bonds is 5. The van der Waals surface area contributed by atoms with Crippen LogP contribution in [0.25, 0.3) is 6.08 Å². The first-order chi connectivity index (χ1) is 11.4. The summed E-state index contributed by atoms with van der Waals surface area (Å²) in [5, 5.41) is 2.66. The maximum atomic E-state index is 13.7. The monoisotopic (exact) mass is 330 g/mol. The van der Waals surface area contributed by atoms with E-state index in [4.69, 9.17) is 0 Å². The predicted octanol–water partition coefficient (Wildman–Crippen LogP) is 3.92. The molecule has 0 aliphatic heterocycles. The first kappa shape index (κ1) is 17.7. The van der Waals surface area contributed by atoms with Crippen LogP contribution in [0.1, 0.15) is 24.1 Å². The standard InChI is InChI=1S/C19H20F2N2O/c1-13(17-10-7-15(20)12-18(17)21)22-19(24)11-6-14-4-8-16(9-5-14)23(2)3/h4-13H,1-3H3,(H,22,24)/b11-6+. The third kappa shape index (κ3) is 4.65. The van der Waals surface area contributed by atoms with E-state index in [9.17, 15) is 13.6 Å². The van der Waals surface area contributed by atoms with Gasteiger partial charge in [0.05, 0.1) is 6.04 Å². The molecule has 0 fully saturated rings. The van der Waals surface area contributed by atoms with Crippen LogP contribution in [0.4, 0.5) is 14.5 Å². The van der Waals surface area contributed by atoms with Gasteiger partial charge in [0.1, 0.15) is 11.6 Å². The topological polar surface area (TPSA) is 32.3 Å². The van der Waals surface area contributed by atoms with Crippen LogP contribution in [0.3, 0.4) is 0 Å². The van der Waals surface area contributed by atoms with Crippen molar-refractivity contribution in [1.82, 2.24) is 5.32 Å². The van der Waals surface area contributed by atoms with Gasteiger partial charge in [-0.3, -0.25) is 4.79 Å². The summed E-state index contributed by atoms with van der Waals surface area (Å²) in [6.45, 7) is 1.65. The van der Waals surface area contributed by atoms with Crippen LogP contribution in [0.15, 0.2) is 48.5 Å². The number of carbonyl (C=O) groups excluding carboxylic acids is 1. The maximum absolute atomic E-state index is 13.7. The number of hydrogen-bond donors (Lipinski definition) is 1. The number of nitrogens with one attached hydrogen (secondary N) is 1. The summed E-state index contributed by atoms with van der Waals surface area (Å²) in [4.78, 5) is 13.9. The van der Waals surface area contributed by atoms with E-state index in [1.165, 1.54) is 18.2 Å². The third-order valence-corrected chi connectivity index (χ3v) is 3.62. The van der Waals surface area contributed by atoms with Gasteiger partial charge in [0.2, 0.25) is 5.91 Å². The van der Waals surface area contributed by atoms with Gasteiger partial charge in [-0.1, -0.05) is 18.2 Å². The Morgan fingerprint density at radius 1 is 1.12 bits per heavy atom. The molecule has 0 aliphatic rings. The number of nitrogens with zero attached hydrogens (tertiary/aromatic N) is 1. The van der Waals surface area contributed by atoms with E-state index in [1.807, 2.05) is 43.3 Å². The van der Waals surface area contributed by atoms with Gasteiger partial charge in [-0.2, -0.15) is 0 Å². The second kappa shape index (κ2) is 7.73. The molecule has 0 heterocycles. The Morgan fingerprint density at radius 2 is 1.79 bits per heavy atom. The lowest BCUT2D eigenvalue weighted by molar-refractivity contribution is -0.117. The SMILES string of the molecule is CC(NC(=O)/C=C/c1ccc(N(C)C)cc1)c1ccc(F)cc1F. The second-order valence-electron chi connectivity index (χ2n) is 5.72. The number of benzene rings is 2. The van der Waals surface area contributed by atoms with Crippen molar-refractivity contribution in [1.29, 1.82) is 0 Å². The molecule has 5 heteroatoms. The lowest BCUT2D eigenvalue weighted by Gasteiger charge is -2.14. The molecule has 2 aromatic carbocycles. The fourth-order valence-corrected chi connectivity index (χ4v) is 2.25. The summed E-state index contributed by atoms with van der Waals surface area (Å²) in [6.07, 6.45) is 3.07. The minimum absolute atomic E-state index is 0.244.